The second kappa shape index (κ2) is 5.82. The predicted octanol–water partition coefficient (Wildman–Crippen LogP) is 3.97. The smallest absolute Gasteiger partial charge is 0.0395 e. The number of benzene rings is 1. The van der Waals surface area contributed by atoms with Gasteiger partial charge in [-0.15, -0.1) is 0 Å². The molecule has 0 amide bonds. The van der Waals surface area contributed by atoms with Crippen LogP contribution in [0.2, 0.25) is 0 Å². The van der Waals surface area contributed by atoms with E-state index in [-0.39, 0.29) is 0 Å². The maximum absolute atomic E-state index is 2.17. The van der Waals surface area contributed by atoms with Crippen LogP contribution in [0.4, 0.5) is 0 Å². The lowest BCUT2D eigenvalue weighted by Gasteiger charge is -1.93. The molecule has 0 heteroatoms. The Hall–Kier alpha value is -0.780. The van der Waals surface area contributed by atoms with Crippen molar-refractivity contribution in [3.8, 4) is 0 Å². The molecule has 0 aromatic heterocycles. The molecule has 0 fully saturated rings. The normalized spacial score (nSPS) is 9.17. The molecule has 0 aliphatic heterocycles. The second-order valence-corrected chi connectivity index (χ2v) is 3.82. The average molecular weight is 164 g/mol. The number of hydrogen-bond donors (Lipinski definition) is 0. The summed E-state index contributed by atoms with van der Waals surface area (Å²) >= 11 is 0. The van der Waals surface area contributed by atoms with Crippen molar-refractivity contribution in [2.45, 2.75) is 34.6 Å². The van der Waals surface area contributed by atoms with Crippen LogP contribution in [-0.4, -0.2) is 0 Å². The lowest BCUT2D eigenvalue weighted by molar-refractivity contribution is 0.737. The zero-order valence-electron chi connectivity index (χ0n) is 8.89. The van der Waals surface area contributed by atoms with Crippen LogP contribution in [0.25, 0.3) is 0 Å². The highest BCUT2D eigenvalue weighted by Gasteiger charge is 1.83. The molecule has 0 bridgehead atoms. The third-order valence-electron chi connectivity index (χ3n) is 1.43. The van der Waals surface area contributed by atoms with E-state index in [0.29, 0.717) is 0 Å². The van der Waals surface area contributed by atoms with Crippen molar-refractivity contribution < 1.29 is 0 Å². The first kappa shape index (κ1) is 11.2. The van der Waals surface area contributed by atoms with Gasteiger partial charge in [-0.2, -0.15) is 0 Å². The first-order valence-corrected chi connectivity index (χ1v) is 4.56. The summed E-state index contributed by atoms with van der Waals surface area (Å²) in [6.45, 7) is 10.7. The zero-order chi connectivity index (χ0) is 9.56. The highest BCUT2D eigenvalue weighted by Crippen LogP contribution is 2.02. The van der Waals surface area contributed by atoms with Crippen LogP contribution in [-0.2, 0) is 0 Å². The van der Waals surface area contributed by atoms with Crippen molar-refractivity contribution in [2.24, 2.45) is 5.92 Å². The van der Waals surface area contributed by atoms with E-state index in [4.69, 9.17) is 0 Å². The van der Waals surface area contributed by atoms with Crippen LogP contribution >= 0.6 is 0 Å². The minimum Gasteiger partial charge on any atom is -0.0630 e. The molecule has 0 nitrogen and oxygen atoms in total. The van der Waals surface area contributed by atoms with Crippen molar-refractivity contribution >= 4 is 0 Å². The molecule has 0 unspecified atom stereocenters. The second-order valence-electron chi connectivity index (χ2n) is 3.82. The molecule has 1 rings (SSSR count). The van der Waals surface area contributed by atoms with Gasteiger partial charge in [0.05, 0.1) is 0 Å². The Morgan fingerprint density at radius 1 is 0.833 bits per heavy atom. The average Bonchev–Trinajstić information content (AvgIpc) is 1.94. The molecule has 1 aromatic rings. The Morgan fingerprint density at radius 2 is 1.08 bits per heavy atom. The minimum atomic E-state index is 0.833. The fraction of sp³-hybridized carbons (Fsp3) is 0.500. The molecule has 0 spiro atoms. The van der Waals surface area contributed by atoms with Crippen molar-refractivity contribution in [3.05, 3.63) is 35.4 Å². The minimum absolute atomic E-state index is 0.833. The van der Waals surface area contributed by atoms with E-state index in [1.165, 1.54) is 11.1 Å². The molecule has 68 valence electrons. The maximum atomic E-state index is 2.17. The Balaban J connectivity index is 0.000000261. The molecule has 0 atom stereocenters. The van der Waals surface area contributed by atoms with Gasteiger partial charge < -0.3 is 0 Å². The summed E-state index contributed by atoms with van der Waals surface area (Å²) in [5.74, 6) is 0.833. The maximum Gasteiger partial charge on any atom is -0.0395 e. The number of hydrogen-bond acceptors (Lipinski definition) is 0. The topological polar surface area (TPSA) is 0 Å². The van der Waals surface area contributed by atoms with Gasteiger partial charge in [-0.3, -0.25) is 0 Å². The Labute approximate surface area is 76.6 Å². The van der Waals surface area contributed by atoms with Crippen LogP contribution in [0.3, 0.4) is 0 Å². The van der Waals surface area contributed by atoms with Crippen LogP contribution in [0.5, 0.6) is 0 Å². The van der Waals surface area contributed by atoms with E-state index in [0.717, 1.165) is 5.92 Å². The summed E-state index contributed by atoms with van der Waals surface area (Å²) in [7, 11) is 0. The summed E-state index contributed by atoms with van der Waals surface area (Å²) in [6, 6.07) is 8.36. The number of rotatable bonds is 0. The van der Waals surface area contributed by atoms with Gasteiger partial charge in [-0.25, -0.2) is 0 Å². The fourth-order valence-electron chi connectivity index (χ4n) is 0.663. The first-order chi connectivity index (χ1) is 5.54. The van der Waals surface area contributed by atoms with Gasteiger partial charge in [0.25, 0.3) is 0 Å². The first-order valence-electron chi connectivity index (χ1n) is 4.56. The zero-order valence-corrected chi connectivity index (χ0v) is 8.89. The van der Waals surface area contributed by atoms with Crippen molar-refractivity contribution in [1.82, 2.24) is 0 Å². The molecule has 0 N–H and O–H groups in total. The molecule has 0 aliphatic rings. The Bertz CT molecular complexity index is 187. The monoisotopic (exact) mass is 164 g/mol. The third-order valence-corrected chi connectivity index (χ3v) is 1.43. The molecule has 1 aromatic carbocycles. The molecular weight excluding hydrogens is 144 g/mol. The van der Waals surface area contributed by atoms with Gasteiger partial charge in [0.1, 0.15) is 0 Å². The molecular formula is C12H20. The van der Waals surface area contributed by atoms with E-state index < -0.39 is 0 Å². The molecule has 0 saturated carbocycles. The standard InChI is InChI=1S/C8H10.C4H10/c1-7-5-3-4-6-8(7)2;1-4(2)3/h3-6H,1-2H3;4H,1-3H3. The van der Waals surface area contributed by atoms with Gasteiger partial charge in [0.15, 0.2) is 0 Å². The fourth-order valence-corrected chi connectivity index (χ4v) is 0.663. The summed E-state index contributed by atoms with van der Waals surface area (Å²) in [6.07, 6.45) is 0. The lowest BCUT2D eigenvalue weighted by atomic mass is 10.1. The van der Waals surface area contributed by atoms with Gasteiger partial charge in [0, 0.05) is 0 Å². The molecule has 0 aliphatic carbocycles. The third kappa shape index (κ3) is 5.96. The van der Waals surface area contributed by atoms with Crippen molar-refractivity contribution in [2.75, 3.05) is 0 Å². The largest absolute Gasteiger partial charge is 0.0630 e. The molecule has 0 saturated heterocycles. The lowest BCUT2D eigenvalue weighted by Crippen LogP contribution is -1.74. The highest BCUT2D eigenvalue weighted by atomic mass is 13.9. The summed E-state index contributed by atoms with van der Waals surface area (Å²) in [4.78, 5) is 0. The van der Waals surface area contributed by atoms with Crippen LogP contribution < -0.4 is 0 Å². The van der Waals surface area contributed by atoms with E-state index in [1.807, 2.05) is 0 Å². The van der Waals surface area contributed by atoms with Crippen LogP contribution in [0.15, 0.2) is 24.3 Å². The van der Waals surface area contributed by atoms with Crippen LogP contribution in [0.1, 0.15) is 31.9 Å². The number of aryl methyl sites for hydroxylation is 2. The van der Waals surface area contributed by atoms with E-state index in [9.17, 15) is 0 Å². The summed E-state index contributed by atoms with van der Waals surface area (Å²) in [5.41, 5.74) is 2.74. The quantitative estimate of drug-likeness (QED) is 0.544. The highest BCUT2D eigenvalue weighted by molar-refractivity contribution is 5.23. The predicted molar refractivity (Wildman–Crippen MR) is 56.4 cm³/mol. The van der Waals surface area contributed by atoms with Gasteiger partial charge >= 0.3 is 0 Å². The van der Waals surface area contributed by atoms with E-state index in [1.54, 1.807) is 0 Å². The van der Waals surface area contributed by atoms with Gasteiger partial charge in [-0.05, 0) is 30.9 Å². The molecule has 0 radical (unpaired) electrons. The SMILES string of the molecule is CC(C)C.Cc1ccccc1C. The summed E-state index contributed by atoms with van der Waals surface area (Å²) < 4.78 is 0. The van der Waals surface area contributed by atoms with E-state index >= 15 is 0 Å². The van der Waals surface area contributed by atoms with Crippen molar-refractivity contribution in [3.63, 3.8) is 0 Å². The van der Waals surface area contributed by atoms with Gasteiger partial charge in [-0.1, -0.05) is 45.0 Å². The van der Waals surface area contributed by atoms with E-state index in [2.05, 4.69) is 58.9 Å². The Morgan fingerprint density at radius 3 is 1.25 bits per heavy atom. The summed E-state index contributed by atoms with van der Waals surface area (Å²) in [5, 5.41) is 0. The molecule has 0 heterocycles. The van der Waals surface area contributed by atoms with Gasteiger partial charge in [0.2, 0.25) is 0 Å². The molecule has 12 heavy (non-hydrogen) atoms. The van der Waals surface area contributed by atoms with Crippen LogP contribution in [0, 0.1) is 19.8 Å². The Kier molecular flexibility index (Phi) is 5.44. The van der Waals surface area contributed by atoms with Crippen molar-refractivity contribution in [1.29, 1.82) is 0 Å².